The molecule has 0 amide bonds. The molecule has 2 aromatic heterocycles. The molecule has 2 aromatic rings. The third kappa shape index (κ3) is 1.38. The summed E-state index contributed by atoms with van der Waals surface area (Å²) in [5.74, 6) is -1.01. The van der Waals surface area contributed by atoms with Gasteiger partial charge in [-0.2, -0.15) is 0 Å². The van der Waals surface area contributed by atoms with E-state index in [1.54, 1.807) is 18.5 Å². The van der Waals surface area contributed by atoms with Crippen LogP contribution in [0.25, 0.3) is 11.1 Å². The predicted octanol–water partition coefficient (Wildman–Crippen LogP) is 0.715. The number of nitrogens with two attached hydrogens (primary N) is 1. The molecule has 4 N–H and O–H groups in total. The Labute approximate surface area is 79.5 Å². The van der Waals surface area contributed by atoms with Crippen LogP contribution in [0.3, 0.4) is 0 Å². The number of rotatable bonds is 3. The standard InChI is InChI=1S/C9H10N2O3/c10-6(9(12)13)3-5-4-11-7-1-2-14-8(5)7/h1-2,4,6,11H,3,10H2,(H,12,13). The van der Waals surface area contributed by atoms with E-state index in [1.807, 2.05) is 0 Å². The van der Waals surface area contributed by atoms with E-state index >= 15 is 0 Å². The molecule has 2 rings (SSSR count). The molecule has 1 atom stereocenters. The molecule has 0 spiro atoms. The number of aromatic nitrogens is 1. The van der Waals surface area contributed by atoms with Gasteiger partial charge in [-0.15, -0.1) is 0 Å². The van der Waals surface area contributed by atoms with Gasteiger partial charge in [-0.3, -0.25) is 4.79 Å². The smallest absolute Gasteiger partial charge is 0.320 e. The summed E-state index contributed by atoms with van der Waals surface area (Å²) >= 11 is 0. The molecule has 0 saturated carbocycles. The van der Waals surface area contributed by atoms with Gasteiger partial charge in [0.15, 0.2) is 5.58 Å². The number of aliphatic carboxylic acids is 1. The van der Waals surface area contributed by atoms with E-state index in [1.165, 1.54) is 0 Å². The molecular weight excluding hydrogens is 184 g/mol. The zero-order valence-electron chi connectivity index (χ0n) is 7.36. The second-order valence-corrected chi connectivity index (χ2v) is 3.13. The van der Waals surface area contributed by atoms with E-state index in [2.05, 4.69) is 4.98 Å². The lowest BCUT2D eigenvalue weighted by Gasteiger charge is -2.02. The molecular formula is C9H10N2O3. The minimum absolute atomic E-state index is 0.267. The van der Waals surface area contributed by atoms with Crippen molar-refractivity contribution < 1.29 is 14.3 Å². The van der Waals surface area contributed by atoms with Crippen molar-refractivity contribution in [2.45, 2.75) is 12.5 Å². The summed E-state index contributed by atoms with van der Waals surface area (Å²) in [5.41, 5.74) is 7.74. The van der Waals surface area contributed by atoms with Crippen molar-refractivity contribution in [3.8, 4) is 0 Å². The van der Waals surface area contributed by atoms with Crippen molar-refractivity contribution >= 4 is 17.1 Å². The molecule has 5 heteroatoms. The van der Waals surface area contributed by atoms with Crippen molar-refractivity contribution in [1.29, 1.82) is 0 Å². The summed E-state index contributed by atoms with van der Waals surface area (Å²) in [6, 6.07) is 0.893. The maximum Gasteiger partial charge on any atom is 0.320 e. The largest absolute Gasteiger partial charge is 0.480 e. The Morgan fingerprint density at radius 3 is 3.21 bits per heavy atom. The number of fused-ring (bicyclic) bond motifs is 1. The van der Waals surface area contributed by atoms with Crippen LogP contribution in [0.1, 0.15) is 5.56 Å². The molecule has 5 nitrogen and oxygen atoms in total. The summed E-state index contributed by atoms with van der Waals surface area (Å²) in [7, 11) is 0. The maximum absolute atomic E-state index is 10.5. The Bertz CT molecular complexity index is 457. The van der Waals surface area contributed by atoms with Crippen molar-refractivity contribution in [3.05, 3.63) is 24.1 Å². The van der Waals surface area contributed by atoms with Crippen molar-refractivity contribution in [2.24, 2.45) is 5.73 Å². The van der Waals surface area contributed by atoms with E-state index in [9.17, 15) is 4.79 Å². The second-order valence-electron chi connectivity index (χ2n) is 3.13. The lowest BCUT2D eigenvalue weighted by molar-refractivity contribution is -0.138. The number of nitrogens with one attached hydrogen (secondary N) is 1. The number of aromatic amines is 1. The number of carboxylic acids is 1. The zero-order chi connectivity index (χ0) is 10.1. The fourth-order valence-electron chi connectivity index (χ4n) is 1.38. The van der Waals surface area contributed by atoms with E-state index in [4.69, 9.17) is 15.3 Å². The summed E-state index contributed by atoms with van der Waals surface area (Å²) in [6.07, 6.45) is 3.54. The molecule has 1 unspecified atom stereocenters. The van der Waals surface area contributed by atoms with Gasteiger partial charge in [0.05, 0.1) is 11.8 Å². The lowest BCUT2D eigenvalue weighted by atomic mass is 10.1. The first-order valence-electron chi connectivity index (χ1n) is 4.20. The van der Waals surface area contributed by atoms with Crippen LogP contribution in [0, 0.1) is 0 Å². The van der Waals surface area contributed by atoms with Gasteiger partial charge in [0.2, 0.25) is 0 Å². The van der Waals surface area contributed by atoms with E-state index in [0.717, 1.165) is 11.1 Å². The van der Waals surface area contributed by atoms with Crippen molar-refractivity contribution in [1.82, 2.24) is 4.98 Å². The highest BCUT2D eigenvalue weighted by Crippen LogP contribution is 2.19. The average Bonchev–Trinajstić information content (AvgIpc) is 2.69. The number of carboxylic acid groups (broad SMARTS) is 1. The van der Waals surface area contributed by atoms with Crippen LogP contribution in [-0.2, 0) is 11.2 Å². The fraction of sp³-hybridized carbons (Fsp3) is 0.222. The first-order chi connectivity index (χ1) is 6.68. The van der Waals surface area contributed by atoms with Gasteiger partial charge < -0.3 is 20.2 Å². The number of hydrogen-bond acceptors (Lipinski definition) is 3. The highest BCUT2D eigenvalue weighted by Gasteiger charge is 2.15. The zero-order valence-corrected chi connectivity index (χ0v) is 7.36. The third-order valence-electron chi connectivity index (χ3n) is 2.12. The molecule has 0 radical (unpaired) electrons. The maximum atomic E-state index is 10.5. The quantitative estimate of drug-likeness (QED) is 0.671. The summed E-state index contributed by atoms with van der Waals surface area (Å²) < 4.78 is 5.19. The SMILES string of the molecule is NC(Cc1c[nH]c2ccoc12)C(=O)O. The number of H-pyrrole nitrogens is 1. The lowest BCUT2D eigenvalue weighted by Crippen LogP contribution is -2.32. The molecule has 0 aliphatic carbocycles. The van der Waals surface area contributed by atoms with Gasteiger partial charge >= 0.3 is 5.97 Å². The minimum Gasteiger partial charge on any atom is -0.480 e. The predicted molar refractivity (Wildman–Crippen MR) is 49.9 cm³/mol. The number of hydrogen-bond donors (Lipinski definition) is 3. The number of furan rings is 1. The van der Waals surface area contributed by atoms with Gasteiger partial charge in [-0.25, -0.2) is 0 Å². The Kier molecular flexibility index (Phi) is 2.01. The Morgan fingerprint density at radius 1 is 1.71 bits per heavy atom. The van der Waals surface area contributed by atoms with Crippen LogP contribution in [0.4, 0.5) is 0 Å². The van der Waals surface area contributed by atoms with Gasteiger partial charge in [-0.05, 0) is 0 Å². The molecule has 0 saturated heterocycles. The van der Waals surface area contributed by atoms with Crippen LogP contribution >= 0.6 is 0 Å². The van der Waals surface area contributed by atoms with Gasteiger partial charge in [0.25, 0.3) is 0 Å². The minimum atomic E-state index is -1.01. The van der Waals surface area contributed by atoms with Crippen LogP contribution in [-0.4, -0.2) is 22.1 Å². The average molecular weight is 194 g/mol. The molecule has 14 heavy (non-hydrogen) atoms. The normalized spacial score (nSPS) is 13.2. The fourth-order valence-corrected chi connectivity index (χ4v) is 1.38. The molecule has 0 aliphatic rings. The Hall–Kier alpha value is -1.75. The van der Waals surface area contributed by atoms with Crippen molar-refractivity contribution in [3.63, 3.8) is 0 Å². The number of carbonyl (C=O) groups is 1. The molecule has 2 heterocycles. The monoisotopic (exact) mass is 194 g/mol. The van der Waals surface area contributed by atoms with Gasteiger partial charge in [0, 0.05) is 24.2 Å². The first-order valence-corrected chi connectivity index (χ1v) is 4.20. The highest BCUT2D eigenvalue weighted by molar-refractivity contribution is 5.79. The molecule has 0 aliphatic heterocycles. The summed E-state index contributed by atoms with van der Waals surface area (Å²) in [4.78, 5) is 13.5. The third-order valence-corrected chi connectivity index (χ3v) is 2.12. The first kappa shape index (κ1) is 8.83. The summed E-state index contributed by atoms with van der Waals surface area (Å²) in [6.45, 7) is 0. The summed E-state index contributed by atoms with van der Waals surface area (Å²) in [5, 5.41) is 8.64. The van der Waals surface area contributed by atoms with E-state index in [0.29, 0.717) is 5.58 Å². The van der Waals surface area contributed by atoms with Crippen molar-refractivity contribution in [2.75, 3.05) is 0 Å². The van der Waals surface area contributed by atoms with Crippen LogP contribution < -0.4 is 5.73 Å². The molecule has 74 valence electrons. The molecule has 0 aromatic carbocycles. The van der Waals surface area contributed by atoms with Crippen LogP contribution in [0.5, 0.6) is 0 Å². The van der Waals surface area contributed by atoms with Gasteiger partial charge in [-0.1, -0.05) is 0 Å². The molecule has 0 fully saturated rings. The topological polar surface area (TPSA) is 92.3 Å². The van der Waals surface area contributed by atoms with Gasteiger partial charge in [0.1, 0.15) is 6.04 Å². The van der Waals surface area contributed by atoms with Crippen LogP contribution in [0.2, 0.25) is 0 Å². The van der Waals surface area contributed by atoms with Crippen LogP contribution in [0.15, 0.2) is 22.9 Å². The second kappa shape index (κ2) is 3.19. The Balaban J connectivity index is 2.27. The van der Waals surface area contributed by atoms with E-state index < -0.39 is 12.0 Å². The Morgan fingerprint density at radius 2 is 2.50 bits per heavy atom. The van der Waals surface area contributed by atoms with E-state index in [-0.39, 0.29) is 6.42 Å². The highest BCUT2D eigenvalue weighted by atomic mass is 16.4. The molecule has 0 bridgehead atoms.